The Labute approximate surface area is 228 Å². The predicted molar refractivity (Wildman–Crippen MR) is 150 cm³/mol. The van der Waals surface area contributed by atoms with Crippen LogP contribution in [-0.4, -0.2) is 58.6 Å². The lowest BCUT2D eigenvalue weighted by atomic mass is 9.71. The van der Waals surface area contributed by atoms with E-state index in [-0.39, 0.29) is 11.8 Å². The van der Waals surface area contributed by atoms with Gasteiger partial charge < -0.3 is 19.8 Å². The standard InChI is InChI=1S/C29H35ClN2O4S/c1-36-21-8-9-25-23(18-21)28(24(30)20-31-25)26(33)10-11-29(19-27(34)35)12-15-32(16-13-29)14-5-17-37-22-6-3-2-4-7-22/h2-4,6-9,18,20,26,33H,5,10-17,19H2,1H3,(H,34,35)/t26-/m0/s1. The summed E-state index contributed by atoms with van der Waals surface area (Å²) in [7, 11) is 1.60. The number of carboxylic acid groups (broad SMARTS) is 1. The van der Waals surface area contributed by atoms with E-state index >= 15 is 0 Å². The topological polar surface area (TPSA) is 82.9 Å². The summed E-state index contributed by atoms with van der Waals surface area (Å²) in [6.07, 6.45) is 4.67. The number of aliphatic hydroxyl groups excluding tert-OH is 1. The summed E-state index contributed by atoms with van der Waals surface area (Å²) in [5.41, 5.74) is 1.04. The van der Waals surface area contributed by atoms with Gasteiger partial charge in [0.2, 0.25) is 0 Å². The molecule has 4 rings (SSSR count). The van der Waals surface area contributed by atoms with Crippen LogP contribution < -0.4 is 4.74 Å². The number of likely N-dealkylation sites (tertiary alicyclic amines) is 1. The number of methoxy groups -OCH3 is 1. The molecule has 2 aromatic carbocycles. The second kappa shape index (κ2) is 13.0. The van der Waals surface area contributed by atoms with Gasteiger partial charge in [-0.05, 0) is 93.2 Å². The molecule has 1 atom stereocenters. The van der Waals surface area contributed by atoms with E-state index < -0.39 is 12.1 Å². The van der Waals surface area contributed by atoms with E-state index in [0.29, 0.717) is 29.2 Å². The number of hydrogen-bond acceptors (Lipinski definition) is 6. The van der Waals surface area contributed by atoms with E-state index in [4.69, 9.17) is 16.3 Å². The maximum absolute atomic E-state index is 11.8. The molecule has 1 saturated heterocycles. The first-order chi connectivity index (χ1) is 17.9. The zero-order valence-corrected chi connectivity index (χ0v) is 22.8. The number of thioether (sulfide) groups is 1. The van der Waals surface area contributed by atoms with Gasteiger partial charge >= 0.3 is 5.97 Å². The average molecular weight is 543 g/mol. The summed E-state index contributed by atoms with van der Waals surface area (Å²) < 4.78 is 5.36. The third-order valence-electron chi connectivity index (χ3n) is 7.42. The second-order valence-corrected chi connectivity index (χ2v) is 11.5. The van der Waals surface area contributed by atoms with Gasteiger partial charge in [0.05, 0.1) is 30.2 Å². The van der Waals surface area contributed by atoms with Crippen LogP contribution in [-0.2, 0) is 4.79 Å². The molecule has 1 fully saturated rings. The minimum Gasteiger partial charge on any atom is -0.497 e. The van der Waals surface area contributed by atoms with Crippen molar-refractivity contribution in [2.24, 2.45) is 5.41 Å². The maximum atomic E-state index is 11.8. The van der Waals surface area contributed by atoms with Gasteiger partial charge in [0.1, 0.15) is 5.75 Å². The Bertz CT molecular complexity index is 1190. The van der Waals surface area contributed by atoms with Gasteiger partial charge in [0, 0.05) is 22.0 Å². The van der Waals surface area contributed by atoms with Crippen molar-refractivity contribution >= 4 is 40.2 Å². The van der Waals surface area contributed by atoms with Gasteiger partial charge in [-0.1, -0.05) is 29.8 Å². The third-order valence-corrected chi connectivity index (χ3v) is 8.82. The summed E-state index contributed by atoms with van der Waals surface area (Å²) in [6, 6.07) is 16.0. The highest BCUT2D eigenvalue weighted by atomic mass is 35.5. The highest BCUT2D eigenvalue weighted by Gasteiger charge is 2.37. The molecule has 0 spiro atoms. The van der Waals surface area contributed by atoms with Gasteiger partial charge in [0.25, 0.3) is 0 Å². The van der Waals surface area contributed by atoms with Crippen molar-refractivity contribution in [3.8, 4) is 5.75 Å². The molecule has 0 amide bonds. The number of aromatic nitrogens is 1. The number of carboxylic acids is 1. The number of fused-ring (bicyclic) bond motifs is 1. The minimum absolute atomic E-state index is 0.121. The molecular formula is C29H35ClN2O4S. The van der Waals surface area contributed by atoms with Crippen molar-refractivity contribution in [3.05, 3.63) is 65.3 Å². The average Bonchev–Trinajstić information content (AvgIpc) is 2.90. The van der Waals surface area contributed by atoms with Crippen molar-refractivity contribution in [1.82, 2.24) is 9.88 Å². The van der Waals surface area contributed by atoms with Crippen LogP contribution in [0.1, 0.15) is 50.2 Å². The molecule has 0 unspecified atom stereocenters. The second-order valence-electron chi connectivity index (χ2n) is 9.88. The van der Waals surface area contributed by atoms with E-state index in [0.717, 1.165) is 55.6 Å². The number of ether oxygens (including phenoxy) is 1. The summed E-state index contributed by atoms with van der Waals surface area (Å²) >= 11 is 8.36. The lowest BCUT2D eigenvalue weighted by molar-refractivity contribution is -0.141. The fraction of sp³-hybridized carbons (Fsp3) is 0.448. The fourth-order valence-corrected chi connectivity index (χ4v) is 6.44. The number of carbonyl (C=O) groups is 1. The van der Waals surface area contributed by atoms with Crippen molar-refractivity contribution in [1.29, 1.82) is 0 Å². The number of halogens is 1. The molecule has 0 aliphatic carbocycles. The smallest absolute Gasteiger partial charge is 0.303 e. The molecule has 3 aromatic rings. The maximum Gasteiger partial charge on any atom is 0.303 e. The van der Waals surface area contributed by atoms with Crippen molar-refractivity contribution in [3.63, 3.8) is 0 Å². The highest BCUT2D eigenvalue weighted by molar-refractivity contribution is 7.99. The zero-order valence-electron chi connectivity index (χ0n) is 21.2. The lowest BCUT2D eigenvalue weighted by Gasteiger charge is -2.41. The van der Waals surface area contributed by atoms with Gasteiger partial charge in [-0.15, -0.1) is 11.8 Å². The Morgan fingerprint density at radius 2 is 1.97 bits per heavy atom. The number of nitrogens with zero attached hydrogens (tertiary/aromatic N) is 2. The van der Waals surface area contributed by atoms with Crippen molar-refractivity contribution < 1.29 is 19.7 Å². The number of aliphatic hydroxyl groups is 1. The van der Waals surface area contributed by atoms with Gasteiger partial charge in [0.15, 0.2) is 0 Å². The molecule has 198 valence electrons. The highest BCUT2D eigenvalue weighted by Crippen LogP contribution is 2.43. The van der Waals surface area contributed by atoms with Crippen LogP contribution in [0, 0.1) is 5.41 Å². The quantitative estimate of drug-likeness (QED) is 0.201. The molecule has 0 bridgehead atoms. The Hall–Kier alpha value is -2.32. The zero-order chi connectivity index (χ0) is 26.3. The molecule has 8 heteroatoms. The molecular weight excluding hydrogens is 508 g/mol. The molecule has 1 aromatic heterocycles. The van der Waals surface area contributed by atoms with Gasteiger partial charge in [-0.3, -0.25) is 9.78 Å². The van der Waals surface area contributed by atoms with E-state index in [1.807, 2.05) is 36.0 Å². The van der Waals surface area contributed by atoms with Gasteiger partial charge in [-0.25, -0.2) is 0 Å². The number of piperidine rings is 1. The van der Waals surface area contributed by atoms with E-state index in [2.05, 4.69) is 34.1 Å². The normalized spacial score (nSPS) is 16.5. The van der Waals surface area contributed by atoms with E-state index in [1.165, 1.54) is 4.90 Å². The van der Waals surface area contributed by atoms with Gasteiger partial charge in [-0.2, -0.15) is 0 Å². The molecule has 37 heavy (non-hydrogen) atoms. The number of hydrogen-bond donors (Lipinski definition) is 2. The van der Waals surface area contributed by atoms with Crippen molar-refractivity contribution in [2.75, 3.05) is 32.5 Å². The lowest BCUT2D eigenvalue weighted by Crippen LogP contribution is -2.41. The minimum atomic E-state index is -0.816. The first kappa shape index (κ1) is 27.7. The van der Waals surface area contributed by atoms with E-state index in [1.54, 1.807) is 13.3 Å². The molecule has 0 radical (unpaired) electrons. The van der Waals surface area contributed by atoms with Crippen LogP contribution in [0.25, 0.3) is 10.9 Å². The monoisotopic (exact) mass is 542 g/mol. The molecule has 6 nitrogen and oxygen atoms in total. The Balaban J connectivity index is 1.35. The molecule has 1 aliphatic rings. The first-order valence-corrected chi connectivity index (χ1v) is 14.2. The summed E-state index contributed by atoms with van der Waals surface area (Å²) in [4.78, 5) is 19.9. The Morgan fingerprint density at radius 1 is 1.22 bits per heavy atom. The number of aliphatic carboxylic acids is 1. The fourth-order valence-electron chi connectivity index (χ4n) is 5.30. The molecule has 0 saturated carbocycles. The van der Waals surface area contributed by atoms with Crippen LogP contribution in [0.15, 0.2) is 59.6 Å². The summed E-state index contributed by atoms with van der Waals surface area (Å²) in [6.45, 7) is 2.79. The molecule has 1 aliphatic heterocycles. The van der Waals surface area contributed by atoms with Crippen LogP contribution in [0.3, 0.4) is 0 Å². The third kappa shape index (κ3) is 7.38. The van der Waals surface area contributed by atoms with Crippen LogP contribution in [0.4, 0.5) is 0 Å². The first-order valence-electron chi connectivity index (χ1n) is 12.8. The van der Waals surface area contributed by atoms with E-state index in [9.17, 15) is 15.0 Å². The predicted octanol–water partition coefficient (Wildman–Crippen LogP) is 6.45. The van der Waals surface area contributed by atoms with Crippen LogP contribution in [0.2, 0.25) is 5.02 Å². The molecule has 2 N–H and O–H groups in total. The van der Waals surface area contributed by atoms with Crippen molar-refractivity contribution in [2.45, 2.75) is 49.5 Å². The number of benzene rings is 2. The largest absolute Gasteiger partial charge is 0.497 e. The number of pyridine rings is 1. The Kier molecular flexibility index (Phi) is 9.71. The number of rotatable bonds is 12. The molecule has 2 heterocycles. The van der Waals surface area contributed by atoms with Crippen LogP contribution in [0.5, 0.6) is 5.75 Å². The Morgan fingerprint density at radius 3 is 2.68 bits per heavy atom. The SMILES string of the molecule is COc1ccc2ncc(Cl)c([C@@H](O)CCC3(CC(=O)O)CCN(CCCSc4ccccc4)CC3)c2c1. The summed E-state index contributed by atoms with van der Waals surface area (Å²) in [5, 5.41) is 22.1. The van der Waals surface area contributed by atoms with Crippen LogP contribution >= 0.6 is 23.4 Å². The summed E-state index contributed by atoms with van der Waals surface area (Å²) in [5.74, 6) is 0.958.